The molecule has 3 amide bonds. The van der Waals surface area contributed by atoms with Gasteiger partial charge in [0, 0.05) is 11.4 Å². The van der Waals surface area contributed by atoms with E-state index in [0.29, 0.717) is 6.07 Å². The SMILES string of the molecule is O=C(Nc1ccc(N(S)C(=O)Nc2ccc(Cl)c(C(F)(F)F)c2)cc1)c1c(F)cccc1F. The van der Waals surface area contributed by atoms with Crippen LogP contribution < -0.4 is 14.9 Å². The molecule has 33 heavy (non-hydrogen) atoms. The van der Waals surface area contributed by atoms with E-state index in [9.17, 15) is 31.5 Å². The number of rotatable bonds is 4. The molecule has 0 aliphatic heterocycles. The maximum Gasteiger partial charge on any atom is 0.417 e. The van der Waals surface area contributed by atoms with Crippen LogP contribution in [-0.4, -0.2) is 11.9 Å². The molecule has 3 aromatic rings. The van der Waals surface area contributed by atoms with Crippen LogP contribution in [0.1, 0.15) is 15.9 Å². The topological polar surface area (TPSA) is 61.4 Å². The number of amides is 3. The van der Waals surface area contributed by atoms with Gasteiger partial charge >= 0.3 is 12.2 Å². The Balaban J connectivity index is 1.69. The average Bonchev–Trinajstić information content (AvgIpc) is 2.74. The van der Waals surface area contributed by atoms with Crippen LogP contribution in [0.4, 0.5) is 43.8 Å². The predicted octanol–water partition coefficient (Wildman–Crippen LogP) is 6.77. The van der Waals surface area contributed by atoms with E-state index in [1.54, 1.807) is 0 Å². The number of nitrogens with one attached hydrogen (secondary N) is 2. The minimum Gasteiger partial charge on any atom is -0.322 e. The predicted molar refractivity (Wildman–Crippen MR) is 118 cm³/mol. The second-order valence-electron chi connectivity index (χ2n) is 6.53. The number of halogens is 6. The molecule has 0 atom stereocenters. The lowest BCUT2D eigenvalue weighted by atomic mass is 10.1. The summed E-state index contributed by atoms with van der Waals surface area (Å²) in [7, 11) is 0. The van der Waals surface area contributed by atoms with Crippen LogP contribution in [0.25, 0.3) is 0 Å². The average molecular weight is 502 g/mol. The first-order valence-electron chi connectivity index (χ1n) is 8.99. The summed E-state index contributed by atoms with van der Waals surface area (Å²) in [5, 5.41) is 4.06. The molecule has 0 saturated heterocycles. The molecule has 0 unspecified atom stereocenters. The normalized spacial score (nSPS) is 11.1. The zero-order valence-electron chi connectivity index (χ0n) is 16.3. The lowest BCUT2D eigenvalue weighted by Crippen LogP contribution is -2.27. The highest BCUT2D eigenvalue weighted by atomic mass is 35.5. The fourth-order valence-corrected chi connectivity index (χ4v) is 3.12. The van der Waals surface area contributed by atoms with E-state index < -0.39 is 45.9 Å². The number of nitrogens with zero attached hydrogens (tertiary/aromatic N) is 1. The molecule has 0 saturated carbocycles. The van der Waals surface area contributed by atoms with Crippen LogP contribution in [0, 0.1) is 11.6 Å². The fraction of sp³-hybridized carbons (Fsp3) is 0.0476. The van der Waals surface area contributed by atoms with Crippen molar-refractivity contribution in [1.82, 2.24) is 0 Å². The molecule has 0 fully saturated rings. The Morgan fingerprint density at radius 2 is 1.45 bits per heavy atom. The molecule has 0 radical (unpaired) electrons. The quantitative estimate of drug-likeness (QED) is 0.273. The van der Waals surface area contributed by atoms with Gasteiger partial charge in [-0.2, -0.15) is 13.2 Å². The summed E-state index contributed by atoms with van der Waals surface area (Å²) in [5.74, 6) is -3.07. The van der Waals surface area contributed by atoms with Crippen molar-refractivity contribution < 1.29 is 31.5 Å². The molecule has 0 spiro atoms. The molecule has 12 heteroatoms. The van der Waals surface area contributed by atoms with Gasteiger partial charge in [-0.3, -0.25) is 4.79 Å². The van der Waals surface area contributed by atoms with Crippen molar-refractivity contribution >= 4 is 53.4 Å². The third-order valence-corrected chi connectivity index (χ3v) is 5.02. The summed E-state index contributed by atoms with van der Waals surface area (Å²) in [6, 6.07) is 10.4. The minimum absolute atomic E-state index is 0.161. The van der Waals surface area contributed by atoms with Crippen molar-refractivity contribution in [3.63, 3.8) is 0 Å². The monoisotopic (exact) mass is 501 g/mol. The van der Waals surface area contributed by atoms with E-state index in [1.165, 1.54) is 30.3 Å². The summed E-state index contributed by atoms with van der Waals surface area (Å²) in [5.41, 5.74) is -1.67. The molecule has 0 aromatic heterocycles. The molecular weight excluding hydrogens is 489 g/mol. The van der Waals surface area contributed by atoms with Gasteiger partial charge in [0.2, 0.25) is 0 Å². The van der Waals surface area contributed by atoms with Crippen molar-refractivity contribution in [3.8, 4) is 0 Å². The van der Waals surface area contributed by atoms with Crippen molar-refractivity contribution in [3.05, 3.63) is 88.4 Å². The Labute approximate surface area is 194 Å². The van der Waals surface area contributed by atoms with Crippen LogP contribution in [-0.2, 0) is 6.18 Å². The van der Waals surface area contributed by atoms with Gasteiger partial charge in [-0.05, 0) is 54.6 Å². The molecule has 2 N–H and O–H groups in total. The van der Waals surface area contributed by atoms with Crippen molar-refractivity contribution in [1.29, 1.82) is 0 Å². The highest BCUT2D eigenvalue weighted by Gasteiger charge is 2.33. The van der Waals surface area contributed by atoms with Gasteiger partial charge in [0.05, 0.1) is 16.3 Å². The summed E-state index contributed by atoms with van der Waals surface area (Å²) < 4.78 is 67.2. The fourth-order valence-electron chi connectivity index (χ4n) is 2.71. The zero-order valence-corrected chi connectivity index (χ0v) is 17.9. The van der Waals surface area contributed by atoms with Gasteiger partial charge in [-0.25, -0.2) is 17.9 Å². The smallest absolute Gasteiger partial charge is 0.322 e. The third-order valence-electron chi connectivity index (χ3n) is 4.27. The number of anilines is 3. The number of carbonyl (C=O) groups is 2. The van der Waals surface area contributed by atoms with Crippen LogP contribution >= 0.6 is 24.4 Å². The van der Waals surface area contributed by atoms with Crippen LogP contribution in [0.2, 0.25) is 5.02 Å². The van der Waals surface area contributed by atoms with E-state index in [4.69, 9.17) is 11.6 Å². The Morgan fingerprint density at radius 1 is 0.879 bits per heavy atom. The molecule has 0 aliphatic carbocycles. The van der Waals surface area contributed by atoms with E-state index in [1.807, 2.05) is 0 Å². The molecule has 0 bridgehead atoms. The molecule has 5 nitrogen and oxygen atoms in total. The van der Waals surface area contributed by atoms with Gasteiger partial charge in [-0.15, -0.1) is 0 Å². The maximum atomic E-state index is 13.7. The van der Waals surface area contributed by atoms with E-state index >= 15 is 0 Å². The van der Waals surface area contributed by atoms with Gasteiger partial charge in [0.1, 0.15) is 17.2 Å². The number of thiol groups is 1. The number of alkyl halides is 3. The lowest BCUT2D eigenvalue weighted by Gasteiger charge is -2.18. The summed E-state index contributed by atoms with van der Waals surface area (Å²) in [4.78, 5) is 24.5. The molecule has 0 aliphatic rings. The first-order valence-corrected chi connectivity index (χ1v) is 9.77. The van der Waals surface area contributed by atoms with Gasteiger partial charge in [-0.1, -0.05) is 30.5 Å². The van der Waals surface area contributed by atoms with Crippen molar-refractivity contribution in [2.75, 3.05) is 14.9 Å². The van der Waals surface area contributed by atoms with Crippen LogP contribution in [0.15, 0.2) is 60.7 Å². The lowest BCUT2D eigenvalue weighted by molar-refractivity contribution is -0.137. The number of hydrogen-bond acceptors (Lipinski definition) is 3. The third kappa shape index (κ3) is 5.74. The molecular formula is C21H13ClF5N3O2S. The Morgan fingerprint density at radius 3 is 2.03 bits per heavy atom. The summed E-state index contributed by atoms with van der Waals surface area (Å²) in [6.45, 7) is 0. The summed E-state index contributed by atoms with van der Waals surface area (Å²) >= 11 is 9.58. The molecule has 3 rings (SSSR count). The Kier molecular flexibility index (Phi) is 7.13. The highest BCUT2D eigenvalue weighted by Crippen LogP contribution is 2.36. The second-order valence-corrected chi connectivity index (χ2v) is 7.34. The zero-order chi connectivity index (χ0) is 24.3. The second kappa shape index (κ2) is 9.67. The van der Waals surface area contributed by atoms with E-state index in [0.717, 1.165) is 28.6 Å². The molecule has 3 aromatic carbocycles. The highest BCUT2D eigenvalue weighted by molar-refractivity contribution is 7.82. The Hall–Kier alpha value is -3.31. The van der Waals surface area contributed by atoms with E-state index in [-0.39, 0.29) is 17.1 Å². The van der Waals surface area contributed by atoms with Gasteiger partial charge in [0.25, 0.3) is 5.91 Å². The number of urea groups is 1. The molecule has 0 heterocycles. The number of hydrogen-bond donors (Lipinski definition) is 3. The van der Waals surface area contributed by atoms with E-state index in [2.05, 4.69) is 23.4 Å². The van der Waals surface area contributed by atoms with Gasteiger partial charge < -0.3 is 10.6 Å². The summed E-state index contributed by atoms with van der Waals surface area (Å²) in [6.07, 6.45) is -4.70. The maximum absolute atomic E-state index is 13.7. The minimum atomic E-state index is -4.70. The van der Waals surface area contributed by atoms with Gasteiger partial charge in [0.15, 0.2) is 0 Å². The number of carbonyl (C=O) groups excluding carboxylic acids is 2. The standard InChI is InChI=1S/C21H13ClF5N3O2S/c22-15-9-6-12(10-14(15)21(25,26)27)29-20(32)30(33)13-7-4-11(5-8-13)28-19(31)18-16(23)2-1-3-17(18)24/h1-10,33H,(H,28,31)(H,29,32). The molecule has 172 valence electrons. The van der Waals surface area contributed by atoms with Crippen LogP contribution in [0.3, 0.4) is 0 Å². The van der Waals surface area contributed by atoms with Crippen LogP contribution in [0.5, 0.6) is 0 Å². The first-order chi connectivity index (χ1) is 15.5. The Bertz CT molecular complexity index is 1190. The first kappa shape index (κ1) is 24.3. The number of benzene rings is 3. The van der Waals surface area contributed by atoms with Crippen molar-refractivity contribution in [2.24, 2.45) is 0 Å². The largest absolute Gasteiger partial charge is 0.417 e. The van der Waals surface area contributed by atoms with Crippen molar-refractivity contribution in [2.45, 2.75) is 6.18 Å².